The minimum atomic E-state index is -4.60. The molecule has 0 saturated carbocycles. The van der Waals surface area contributed by atoms with Gasteiger partial charge in [-0.15, -0.1) is 0 Å². The molecule has 1 aromatic carbocycles. The van der Waals surface area contributed by atoms with Crippen LogP contribution in [0.25, 0.3) is 0 Å². The first-order valence-corrected chi connectivity index (χ1v) is 8.73. The number of para-hydroxylation sites is 2. The molecule has 0 aliphatic carbocycles. The molecule has 0 bridgehead atoms. The monoisotopic (exact) mass is 383 g/mol. The van der Waals surface area contributed by atoms with Crippen molar-refractivity contribution in [3.63, 3.8) is 0 Å². The van der Waals surface area contributed by atoms with E-state index in [2.05, 4.69) is 9.97 Å². The molecule has 1 atom stereocenters. The number of anilines is 2. The summed E-state index contributed by atoms with van der Waals surface area (Å²) in [6, 6.07) is 6.77. The number of aromatic nitrogens is 2. The number of nitrogens with zero attached hydrogens (tertiary/aromatic N) is 3. The van der Waals surface area contributed by atoms with Gasteiger partial charge in [0.05, 0.1) is 17.9 Å². The lowest BCUT2D eigenvalue weighted by molar-refractivity contribution is -0.137. The lowest BCUT2D eigenvalue weighted by Gasteiger charge is -2.25. The normalized spacial score (nSPS) is 12.8. The first-order valence-electron chi connectivity index (χ1n) is 8.73. The minimum Gasteiger partial charge on any atom is -0.489 e. The summed E-state index contributed by atoms with van der Waals surface area (Å²) in [5.41, 5.74) is -0.481. The van der Waals surface area contributed by atoms with Crippen LogP contribution in [-0.2, 0) is 6.18 Å². The van der Waals surface area contributed by atoms with Crippen molar-refractivity contribution < 1.29 is 22.6 Å². The number of alkyl halides is 3. The molecule has 0 saturated heterocycles. The van der Waals surface area contributed by atoms with Gasteiger partial charge in [0.15, 0.2) is 5.82 Å². The first kappa shape index (κ1) is 20.8. The van der Waals surface area contributed by atoms with Crippen molar-refractivity contribution in [2.45, 2.75) is 52.5 Å². The van der Waals surface area contributed by atoms with Crippen LogP contribution in [0.15, 0.2) is 30.5 Å². The molecular formula is C19H24F3N3O2. The number of halogens is 3. The van der Waals surface area contributed by atoms with E-state index in [-0.39, 0.29) is 24.0 Å². The van der Waals surface area contributed by atoms with Gasteiger partial charge in [0.1, 0.15) is 11.3 Å². The summed E-state index contributed by atoms with van der Waals surface area (Å²) in [4.78, 5) is 9.11. The van der Waals surface area contributed by atoms with Crippen molar-refractivity contribution in [3.8, 4) is 11.8 Å². The summed E-state index contributed by atoms with van der Waals surface area (Å²) in [6.45, 7) is 7.40. The molecule has 27 heavy (non-hydrogen) atoms. The largest absolute Gasteiger partial charge is 0.489 e. The number of hydrogen-bond donors (Lipinski definition) is 0. The Morgan fingerprint density at radius 1 is 1.11 bits per heavy atom. The molecule has 148 valence electrons. The summed E-state index contributed by atoms with van der Waals surface area (Å²) in [7, 11) is 1.51. The fourth-order valence-electron chi connectivity index (χ4n) is 2.33. The summed E-state index contributed by atoms with van der Waals surface area (Å²) in [5, 5.41) is 0. The van der Waals surface area contributed by atoms with Crippen LogP contribution >= 0.6 is 0 Å². The predicted molar refractivity (Wildman–Crippen MR) is 97.7 cm³/mol. The van der Waals surface area contributed by atoms with Gasteiger partial charge in [-0.05, 0) is 39.3 Å². The number of rotatable bonds is 7. The third-order valence-electron chi connectivity index (χ3n) is 3.84. The highest BCUT2D eigenvalue weighted by molar-refractivity contribution is 5.68. The SMILES string of the molecule is CCC(C)Oc1ncc(C(F)(F)F)c(N(C)c2ccccc2OC(C)C)n1. The van der Waals surface area contributed by atoms with Crippen LogP contribution in [0.4, 0.5) is 24.7 Å². The quantitative estimate of drug-likeness (QED) is 0.655. The zero-order valence-corrected chi connectivity index (χ0v) is 16.0. The number of hydrogen-bond acceptors (Lipinski definition) is 5. The molecule has 0 spiro atoms. The van der Waals surface area contributed by atoms with Crippen molar-refractivity contribution in [3.05, 3.63) is 36.0 Å². The van der Waals surface area contributed by atoms with Gasteiger partial charge in [-0.1, -0.05) is 19.1 Å². The summed E-state index contributed by atoms with van der Waals surface area (Å²) in [6.07, 6.45) is -3.51. The van der Waals surface area contributed by atoms with Crippen LogP contribution < -0.4 is 14.4 Å². The lowest BCUT2D eigenvalue weighted by atomic mass is 10.2. The van der Waals surface area contributed by atoms with Crippen LogP contribution in [0, 0.1) is 0 Å². The topological polar surface area (TPSA) is 47.5 Å². The Labute approximate surface area is 157 Å². The van der Waals surface area contributed by atoms with Crippen LogP contribution in [0.3, 0.4) is 0 Å². The molecule has 2 aromatic rings. The van der Waals surface area contributed by atoms with Crippen LogP contribution in [-0.4, -0.2) is 29.2 Å². The summed E-state index contributed by atoms with van der Waals surface area (Å²) >= 11 is 0. The molecule has 1 unspecified atom stereocenters. The third kappa shape index (κ3) is 5.24. The van der Waals surface area contributed by atoms with Crippen molar-refractivity contribution in [2.75, 3.05) is 11.9 Å². The van der Waals surface area contributed by atoms with Crippen molar-refractivity contribution in [1.29, 1.82) is 0 Å². The van der Waals surface area contributed by atoms with Gasteiger partial charge in [0, 0.05) is 13.2 Å². The van der Waals surface area contributed by atoms with E-state index in [1.807, 2.05) is 20.8 Å². The van der Waals surface area contributed by atoms with Crippen molar-refractivity contribution >= 4 is 11.5 Å². The van der Waals surface area contributed by atoms with Crippen molar-refractivity contribution in [2.24, 2.45) is 0 Å². The Hall–Kier alpha value is -2.51. The Bertz CT molecular complexity index is 766. The molecule has 1 aromatic heterocycles. The molecule has 1 heterocycles. The highest BCUT2D eigenvalue weighted by Gasteiger charge is 2.37. The second kappa shape index (κ2) is 8.45. The van der Waals surface area contributed by atoms with E-state index in [9.17, 15) is 13.2 Å². The highest BCUT2D eigenvalue weighted by atomic mass is 19.4. The van der Waals surface area contributed by atoms with E-state index < -0.39 is 11.7 Å². The Kier molecular flexibility index (Phi) is 6.51. The highest BCUT2D eigenvalue weighted by Crippen LogP contribution is 2.40. The molecule has 0 fully saturated rings. The molecule has 2 rings (SSSR count). The maximum atomic E-state index is 13.5. The molecule has 0 aliphatic rings. The van der Waals surface area contributed by atoms with E-state index in [4.69, 9.17) is 9.47 Å². The zero-order chi connectivity index (χ0) is 20.2. The Morgan fingerprint density at radius 2 is 1.78 bits per heavy atom. The van der Waals surface area contributed by atoms with Gasteiger partial charge >= 0.3 is 12.2 Å². The molecule has 0 amide bonds. The van der Waals surface area contributed by atoms with Gasteiger partial charge in [0.2, 0.25) is 0 Å². The standard InChI is InChI=1S/C19H24F3N3O2/c1-6-13(4)27-18-23-11-14(19(20,21)22)17(24-18)25(5)15-9-7-8-10-16(15)26-12(2)3/h7-13H,6H2,1-5H3. The Balaban J connectivity index is 2.52. The predicted octanol–water partition coefficient (Wildman–Crippen LogP) is 5.23. The Morgan fingerprint density at radius 3 is 2.37 bits per heavy atom. The fraction of sp³-hybridized carbons (Fsp3) is 0.474. The van der Waals surface area contributed by atoms with E-state index in [1.54, 1.807) is 31.2 Å². The number of benzene rings is 1. The molecule has 0 aliphatic heterocycles. The number of ether oxygens (including phenoxy) is 2. The minimum absolute atomic E-state index is 0.0959. The van der Waals surface area contributed by atoms with E-state index in [0.29, 0.717) is 17.9 Å². The van der Waals surface area contributed by atoms with Crippen molar-refractivity contribution in [1.82, 2.24) is 9.97 Å². The summed E-state index contributed by atoms with van der Waals surface area (Å²) < 4.78 is 51.8. The van der Waals surface area contributed by atoms with Crippen LogP contribution in [0.2, 0.25) is 0 Å². The smallest absolute Gasteiger partial charge is 0.421 e. The van der Waals surface area contributed by atoms with Gasteiger partial charge < -0.3 is 14.4 Å². The van der Waals surface area contributed by atoms with Crippen LogP contribution in [0.5, 0.6) is 11.8 Å². The molecule has 8 heteroatoms. The average Bonchev–Trinajstić information content (AvgIpc) is 2.60. The summed E-state index contributed by atoms with van der Waals surface area (Å²) in [5.74, 6) is 0.168. The molecule has 0 N–H and O–H groups in total. The molecule has 5 nitrogen and oxygen atoms in total. The zero-order valence-electron chi connectivity index (χ0n) is 16.0. The molecule has 0 radical (unpaired) electrons. The average molecular weight is 383 g/mol. The van der Waals surface area contributed by atoms with Crippen LogP contribution in [0.1, 0.15) is 39.7 Å². The van der Waals surface area contributed by atoms with Gasteiger partial charge in [-0.3, -0.25) is 0 Å². The van der Waals surface area contributed by atoms with Gasteiger partial charge in [-0.2, -0.15) is 18.2 Å². The molecular weight excluding hydrogens is 359 g/mol. The van der Waals surface area contributed by atoms with E-state index in [1.165, 1.54) is 11.9 Å². The maximum absolute atomic E-state index is 13.5. The fourth-order valence-corrected chi connectivity index (χ4v) is 2.33. The van der Waals surface area contributed by atoms with E-state index >= 15 is 0 Å². The van der Waals surface area contributed by atoms with Gasteiger partial charge in [0.25, 0.3) is 0 Å². The van der Waals surface area contributed by atoms with E-state index in [0.717, 1.165) is 6.20 Å². The lowest BCUT2D eigenvalue weighted by Crippen LogP contribution is -2.21. The second-order valence-corrected chi connectivity index (χ2v) is 6.42. The van der Waals surface area contributed by atoms with Gasteiger partial charge in [-0.25, -0.2) is 4.98 Å². The maximum Gasteiger partial charge on any atom is 0.421 e. The third-order valence-corrected chi connectivity index (χ3v) is 3.84. The second-order valence-electron chi connectivity index (χ2n) is 6.42. The first-order chi connectivity index (χ1) is 12.6.